The second-order valence-electron chi connectivity index (χ2n) is 5.47. The van der Waals surface area contributed by atoms with Crippen molar-refractivity contribution in [3.63, 3.8) is 0 Å². The number of carbonyl (C=O) groups excluding carboxylic acids is 2. The van der Waals surface area contributed by atoms with Crippen molar-refractivity contribution in [1.29, 1.82) is 0 Å². The van der Waals surface area contributed by atoms with Crippen LogP contribution in [0, 0.1) is 5.92 Å². The Balaban J connectivity index is 2.51. The lowest BCUT2D eigenvalue weighted by atomic mass is 9.98. The summed E-state index contributed by atoms with van der Waals surface area (Å²) in [5, 5.41) is 2.86. The molecule has 0 spiro atoms. The van der Waals surface area contributed by atoms with Crippen LogP contribution in [0.15, 0.2) is 0 Å². The summed E-state index contributed by atoms with van der Waals surface area (Å²) in [6.07, 6.45) is 3.11. The number of hydrogen-bond acceptors (Lipinski definition) is 3. The maximum Gasteiger partial charge on any atom is 0.245 e. The molecule has 0 bridgehead atoms. The van der Waals surface area contributed by atoms with Gasteiger partial charge in [0, 0.05) is 32.7 Å². The van der Waals surface area contributed by atoms with Crippen molar-refractivity contribution in [2.45, 2.75) is 52.5 Å². The second-order valence-corrected chi connectivity index (χ2v) is 5.47. The number of ether oxygens (including phenoxy) is 1. The van der Waals surface area contributed by atoms with Crippen LogP contribution in [-0.4, -0.2) is 49.1 Å². The first-order valence-corrected chi connectivity index (χ1v) is 7.76. The molecule has 0 radical (unpaired) electrons. The molecule has 2 amide bonds. The minimum atomic E-state index is -0.369. The number of hydrogen-bond donors (Lipinski definition) is 1. The number of nitrogens with zero attached hydrogens (tertiary/aromatic N) is 1. The van der Waals surface area contributed by atoms with E-state index in [-0.39, 0.29) is 23.8 Å². The fraction of sp³-hybridized carbons (Fsp3) is 0.867. The van der Waals surface area contributed by atoms with Gasteiger partial charge in [0.1, 0.15) is 6.04 Å². The van der Waals surface area contributed by atoms with Crippen LogP contribution in [0.4, 0.5) is 0 Å². The van der Waals surface area contributed by atoms with Gasteiger partial charge in [0.25, 0.3) is 0 Å². The molecule has 0 aromatic rings. The van der Waals surface area contributed by atoms with Crippen LogP contribution in [-0.2, 0) is 14.3 Å². The van der Waals surface area contributed by atoms with E-state index in [0.717, 1.165) is 25.9 Å². The molecule has 1 aliphatic rings. The highest BCUT2D eigenvalue weighted by Crippen LogP contribution is 2.14. The second kappa shape index (κ2) is 8.95. The smallest absolute Gasteiger partial charge is 0.245 e. The Hall–Kier alpha value is -1.10. The van der Waals surface area contributed by atoms with Gasteiger partial charge in [-0.15, -0.1) is 0 Å². The zero-order valence-corrected chi connectivity index (χ0v) is 13.0. The number of nitrogens with one attached hydrogen (secondary N) is 1. The fourth-order valence-corrected chi connectivity index (χ4v) is 2.30. The van der Waals surface area contributed by atoms with E-state index in [1.54, 1.807) is 0 Å². The molecule has 2 atom stereocenters. The van der Waals surface area contributed by atoms with E-state index in [1.807, 2.05) is 18.7 Å². The van der Waals surface area contributed by atoms with Gasteiger partial charge in [-0.1, -0.05) is 27.2 Å². The van der Waals surface area contributed by atoms with Crippen LogP contribution in [0.1, 0.15) is 46.5 Å². The lowest BCUT2D eigenvalue weighted by Crippen LogP contribution is -2.48. The zero-order chi connectivity index (χ0) is 15.0. The molecule has 0 aliphatic carbocycles. The molecule has 116 valence electrons. The summed E-state index contributed by atoms with van der Waals surface area (Å²) in [5.74, 6) is 0.206. The Labute approximate surface area is 122 Å². The van der Waals surface area contributed by atoms with Crippen molar-refractivity contribution in [3.05, 3.63) is 0 Å². The number of carbonyl (C=O) groups is 2. The van der Waals surface area contributed by atoms with Crippen LogP contribution in [0.25, 0.3) is 0 Å². The first kappa shape index (κ1) is 17.0. The maximum atomic E-state index is 12.5. The van der Waals surface area contributed by atoms with Gasteiger partial charge in [-0.05, 0) is 18.8 Å². The predicted molar refractivity (Wildman–Crippen MR) is 78.3 cm³/mol. The highest BCUT2D eigenvalue weighted by molar-refractivity contribution is 5.90. The summed E-state index contributed by atoms with van der Waals surface area (Å²) in [5.41, 5.74) is 0. The van der Waals surface area contributed by atoms with Crippen molar-refractivity contribution < 1.29 is 14.3 Å². The third-order valence-corrected chi connectivity index (χ3v) is 3.78. The predicted octanol–water partition coefficient (Wildman–Crippen LogP) is 1.57. The van der Waals surface area contributed by atoms with Gasteiger partial charge >= 0.3 is 0 Å². The van der Waals surface area contributed by atoms with Crippen LogP contribution in [0.3, 0.4) is 0 Å². The van der Waals surface area contributed by atoms with Gasteiger partial charge in [-0.2, -0.15) is 0 Å². The molecule has 0 saturated carbocycles. The van der Waals surface area contributed by atoms with Crippen LogP contribution in [0.5, 0.6) is 0 Å². The summed E-state index contributed by atoms with van der Waals surface area (Å²) >= 11 is 0. The van der Waals surface area contributed by atoms with Crippen molar-refractivity contribution >= 4 is 11.8 Å². The standard InChI is InChI=1S/C15H28N2O3/c1-4-10-20-11-6-8-17-9-7-13(18)16-14(15(17)19)12(3)5-2/h12,14H,4-11H2,1-3H3,(H,16,18). The van der Waals surface area contributed by atoms with Gasteiger partial charge < -0.3 is 15.0 Å². The quantitative estimate of drug-likeness (QED) is 0.688. The highest BCUT2D eigenvalue weighted by atomic mass is 16.5. The first-order valence-electron chi connectivity index (χ1n) is 7.76. The molecule has 0 aromatic carbocycles. The van der Waals surface area contributed by atoms with Crippen LogP contribution < -0.4 is 5.32 Å². The fourth-order valence-electron chi connectivity index (χ4n) is 2.30. The molecule has 1 rings (SSSR count). The summed E-state index contributed by atoms with van der Waals surface area (Å²) in [6.45, 7) is 8.76. The molecule has 5 nitrogen and oxygen atoms in total. The maximum absolute atomic E-state index is 12.5. The molecule has 5 heteroatoms. The monoisotopic (exact) mass is 284 g/mol. The van der Waals surface area contributed by atoms with E-state index in [0.29, 0.717) is 26.1 Å². The zero-order valence-electron chi connectivity index (χ0n) is 13.0. The molecule has 2 unspecified atom stereocenters. The van der Waals surface area contributed by atoms with Crippen molar-refractivity contribution in [2.24, 2.45) is 5.92 Å². The largest absolute Gasteiger partial charge is 0.381 e. The number of amides is 2. The van der Waals surface area contributed by atoms with E-state index in [4.69, 9.17) is 4.74 Å². The third kappa shape index (κ3) is 5.12. The normalized spacial score (nSPS) is 21.6. The minimum absolute atomic E-state index is 0.0200. The topological polar surface area (TPSA) is 58.6 Å². The molecule has 1 heterocycles. The third-order valence-electron chi connectivity index (χ3n) is 3.78. The molecule has 1 N–H and O–H groups in total. The van der Waals surface area contributed by atoms with E-state index < -0.39 is 0 Å². The Bertz CT molecular complexity index is 320. The van der Waals surface area contributed by atoms with Crippen molar-refractivity contribution in [1.82, 2.24) is 10.2 Å². The first-order chi connectivity index (χ1) is 9.60. The molecule has 0 aromatic heterocycles. The molecule has 1 fully saturated rings. The SMILES string of the molecule is CCCOCCCN1CCC(=O)NC(C(C)CC)C1=O. The minimum Gasteiger partial charge on any atom is -0.381 e. The lowest BCUT2D eigenvalue weighted by molar-refractivity contribution is -0.135. The summed E-state index contributed by atoms with van der Waals surface area (Å²) in [6, 6.07) is -0.369. The average molecular weight is 284 g/mol. The van der Waals surface area contributed by atoms with Gasteiger partial charge in [0.15, 0.2) is 0 Å². The van der Waals surface area contributed by atoms with E-state index >= 15 is 0 Å². The van der Waals surface area contributed by atoms with Gasteiger partial charge in [-0.3, -0.25) is 9.59 Å². The molecular weight excluding hydrogens is 256 g/mol. The summed E-state index contributed by atoms with van der Waals surface area (Å²) < 4.78 is 5.44. The molecular formula is C15H28N2O3. The summed E-state index contributed by atoms with van der Waals surface area (Å²) in [4.78, 5) is 26.0. The molecule has 20 heavy (non-hydrogen) atoms. The van der Waals surface area contributed by atoms with Crippen molar-refractivity contribution in [3.8, 4) is 0 Å². The Morgan fingerprint density at radius 3 is 2.75 bits per heavy atom. The Morgan fingerprint density at radius 1 is 1.35 bits per heavy atom. The van der Waals surface area contributed by atoms with E-state index in [1.165, 1.54) is 0 Å². The Kier molecular flexibility index (Phi) is 7.59. The van der Waals surface area contributed by atoms with Gasteiger partial charge in [0.2, 0.25) is 11.8 Å². The van der Waals surface area contributed by atoms with Crippen LogP contribution in [0.2, 0.25) is 0 Å². The lowest BCUT2D eigenvalue weighted by Gasteiger charge is -2.27. The highest BCUT2D eigenvalue weighted by Gasteiger charge is 2.32. The van der Waals surface area contributed by atoms with Crippen molar-refractivity contribution in [2.75, 3.05) is 26.3 Å². The van der Waals surface area contributed by atoms with Gasteiger partial charge in [0.05, 0.1) is 0 Å². The Morgan fingerprint density at radius 2 is 2.10 bits per heavy atom. The molecule has 1 saturated heterocycles. The number of rotatable bonds is 8. The van der Waals surface area contributed by atoms with Gasteiger partial charge in [-0.25, -0.2) is 0 Å². The average Bonchev–Trinajstić information content (AvgIpc) is 2.59. The molecule has 1 aliphatic heterocycles. The summed E-state index contributed by atoms with van der Waals surface area (Å²) in [7, 11) is 0. The van der Waals surface area contributed by atoms with E-state index in [9.17, 15) is 9.59 Å². The van der Waals surface area contributed by atoms with Crippen LogP contribution >= 0.6 is 0 Å². The van der Waals surface area contributed by atoms with E-state index in [2.05, 4.69) is 12.2 Å².